The summed E-state index contributed by atoms with van der Waals surface area (Å²) < 4.78 is 24.7. The standard InChI is InChI=1S/C34H39N7O5/c1-43-31-5-2-21(12-37-31)15-39-16-23-6-8-40(28(23)18-39)30-4-3-22(13-36-30)27-10-26(17-41-32(27)25(11-35)14-38-41)44-9-7-24-19-45-34-29(42)20-46-33(24)34/h2-5,10,12,14,17,23-24,28-29,33-34,36,42H,6-9,13,15-16,18-20H2,1H3. The molecule has 12 nitrogen and oxygen atoms in total. The van der Waals surface area contributed by atoms with Gasteiger partial charge in [0.15, 0.2) is 0 Å². The number of hydrogen-bond donors (Lipinski definition) is 2. The number of methoxy groups -OCH3 is 1. The van der Waals surface area contributed by atoms with Crippen molar-refractivity contribution in [3.8, 4) is 17.7 Å². The van der Waals surface area contributed by atoms with Gasteiger partial charge in [0.05, 0.1) is 56.5 Å². The molecule has 240 valence electrons. The molecular formula is C34H39N7O5. The van der Waals surface area contributed by atoms with Crippen molar-refractivity contribution in [1.82, 2.24) is 29.7 Å². The number of dihydropyridines is 1. The number of hydrogen-bond acceptors (Lipinski definition) is 11. The molecule has 0 bridgehead atoms. The smallest absolute Gasteiger partial charge is 0.212 e. The van der Waals surface area contributed by atoms with Gasteiger partial charge >= 0.3 is 0 Å². The third-order valence-corrected chi connectivity index (χ3v) is 10.2. The van der Waals surface area contributed by atoms with E-state index in [-0.39, 0.29) is 18.1 Å². The maximum Gasteiger partial charge on any atom is 0.212 e. The highest BCUT2D eigenvalue weighted by Gasteiger charge is 2.46. The molecule has 8 heterocycles. The van der Waals surface area contributed by atoms with Crippen LogP contribution in [0.3, 0.4) is 0 Å². The van der Waals surface area contributed by atoms with Crippen LogP contribution >= 0.6 is 0 Å². The van der Waals surface area contributed by atoms with E-state index in [4.69, 9.17) is 18.9 Å². The van der Waals surface area contributed by atoms with E-state index in [1.165, 1.54) is 12.0 Å². The Morgan fingerprint density at radius 1 is 1.15 bits per heavy atom. The van der Waals surface area contributed by atoms with Gasteiger partial charge < -0.3 is 34.3 Å². The molecule has 3 aromatic heterocycles. The van der Waals surface area contributed by atoms with Crippen LogP contribution < -0.4 is 14.8 Å². The van der Waals surface area contributed by atoms with Crippen molar-refractivity contribution in [1.29, 1.82) is 5.26 Å². The summed E-state index contributed by atoms with van der Waals surface area (Å²) in [4.78, 5) is 9.44. The van der Waals surface area contributed by atoms with Crippen LogP contribution in [-0.4, -0.2) is 107 Å². The average Bonchev–Trinajstić information content (AvgIpc) is 3.91. The van der Waals surface area contributed by atoms with Crippen molar-refractivity contribution in [3.05, 3.63) is 71.5 Å². The number of nitrogens with one attached hydrogen (secondary N) is 1. The van der Waals surface area contributed by atoms with Crippen LogP contribution in [0.2, 0.25) is 0 Å². The topological polar surface area (TPSA) is 130 Å². The number of pyridine rings is 2. The normalized spacial score (nSPS) is 28.8. The number of likely N-dealkylation sites (tertiary alicyclic amines) is 2. The summed E-state index contributed by atoms with van der Waals surface area (Å²) in [6.45, 7) is 6.06. The molecule has 46 heavy (non-hydrogen) atoms. The highest BCUT2D eigenvalue weighted by molar-refractivity contribution is 5.84. The summed E-state index contributed by atoms with van der Waals surface area (Å²) in [5.41, 5.74) is 4.52. The number of aliphatic hydroxyl groups excluding tert-OH is 1. The number of aliphatic hydroxyl groups is 1. The first kappa shape index (κ1) is 29.3. The highest BCUT2D eigenvalue weighted by Crippen LogP contribution is 2.36. The summed E-state index contributed by atoms with van der Waals surface area (Å²) in [6, 6.07) is 8.82. The van der Waals surface area contributed by atoms with E-state index >= 15 is 0 Å². The Bertz CT molecular complexity index is 1700. The predicted molar refractivity (Wildman–Crippen MR) is 168 cm³/mol. The largest absolute Gasteiger partial charge is 0.492 e. The molecule has 12 heteroatoms. The summed E-state index contributed by atoms with van der Waals surface area (Å²) >= 11 is 0. The van der Waals surface area contributed by atoms with E-state index in [0.717, 1.165) is 55.1 Å². The predicted octanol–water partition coefficient (Wildman–Crippen LogP) is 2.19. The Balaban J connectivity index is 0.962. The van der Waals surface area contributed by atoms with Crippen LogP contribution in [0.4, 0.5) is 0 Å². The van der Waals surface area contributed by atoms with Crippen molar-refractivity contribution in [2.24, 2.45) is 11.8 Å². The van der Waals surface area contributed by atoms with Gasteiger partial charge in [-0.2, -0.15) is 10.4 Å². The van der Waals surface area contributed by atoms with Gasteiger partial charge in [0, 0.05) is 62.5 Å². The van der Waals surface area contributed by atoms with Crippen molar-refractivity contribution in [2.75, 3.05) is 53.1 Å². The number of aromatic nitrogens is 3. The van der Waals surface area contributed by atoms with Gasteiger partial charge in [-0.1, -0.05) is 12.1 Å². The zero-order valence-electron chi connectivity index (χ0n) is 25.9. The lowest BCUT2D eigenvalue weighted by atomic mass is 9.98. The molecule has 2 N–H and O–H groups in total. The quantitative estimate of drug-likeness (QED) is 0.363. The molecule has 0 radical (unpaired) electrons. The monoisotopic (exact) mass is 625 g/mol. The Labute approximate surface area is 267 Å². The molecule has 0 aromatic carbocycles. The average molecular weight is 626 g/mol. The van der Waals surface area contributed by atoms with E-state index in [0.29, 0.717) is 55.5 Å². The SMILES string of the molecule is COc1ccc(CN2CC3CCN(C4=CC=C(c5cc(OCCC6COC7C(O)COC67)cn6ncc(C#N)c56)CN4)C3C2)cn1. The molecule has 0 spiro atoms. The molecule has 5 aliphatic rings. The Morgan fingerprint density at radius 3 is 2.87 bits per heavy atom. The van der Waals surface area contributed by atoms with Crippen LogP contribution in [-0.2, 0) is 16.0 Å². The van der Waals surface area contributed by atoms with Crippen LogP contribution in [0.1, 0.15) is 29.5 Å². The molecule has 8 rings (SSSR count). The molecule has 6 unspecified atom stereocenters. The van der Waals surface area contributed by atoms with Gasteiger partial charge in [-0.25, -0.2) is 9.50 Å². The minimum Gasteiger partial charge on any atom is -0.492 e. The molecule has 4 saturated heterocycles. The third-order valence-electron chi connectivity index (χ3n) is 10.2. The van der Waals surface area contributed by atoms with Crippen LogP contribution in [0.15, 0.2) is 54.8 Å². The molecular weight excluding hydrogens is 586 g/mol. The second-order valence-electron chi connectivity index (χ2n) is 12.9. The number of ether oxygens (including phenoxy) is 4. The molecule has 6 atom stereocenters. The molecule has 3 aromatic rings. The number of nitriles is 1. The van der Waals surface area contributed by atoms with E-state index in [1.807, 2.05) is 24.5 Å². The summed E-state index contributed by atoms with van der Waals surface area (Å²) in [5, 5.41) is 28.0. The van der Waals surface area contributed by atoms with Crippen LogP contribution in [0, 0.1) is 23.2 Å². The summed E-state index contributed by atoms with van der Waals surface area (Å²) in [7, 11) is 1.64. The lowest BCUT2D eigenvalue weighted by molar-refractivity contribution is 0.0163. The van der Waals surface area contributed by atoms with E-state index < -0.39 is 6.10 Å². The van der Waals surface area contributed by atoms with E-state index in [9.17, 15) is 10.4 Å². The molecule has 5 aliphatic heterocycles. The number of fused-ring (bicyclic) bond motifs is 3. The van der Waals surface area contributed by atoms with E-state index in [2.05, 4.69) is 49.5 Å². The number of rotatable bonds is 9. The fourth-order valence-electron chi connectivity index (χ4n) is 7.86. The van der Waals surface area contributed by atoms with Crippen LogP contribution in [0.5, 0.6) is 11.6 Å². The first-order chi connectivity index (χ1) is 22.6. The van der Waals surface area contributed by atoms with Gasteiger partial charge in [-0.3, -0.25) is 4.90 Å². The fraction of sp³-hybridized carbons (Fsp3) is 0.500. The second-order valence-corrected chi connectivity index (χ2v) is 12.9. The van der Waals surface area contributed by atoms with Gasteiger partial charge in [0.25, 0.3) is 0 Å². The van der Waals surface area contributed by atoms with Crippen molar-refractivity contribution in [3.63, 3.8) is 0 Å². The highest BCUT2D eigenvalue weighted by atomic mass is 16.6. The summed E-state index contributed by atoms with van der Waals surface area (Å²) in [5.74, 6) is 3.31. The first-order valence-electron chi connectivity index (χ1n) is 16.2. The second kappa shape index (κ2) is 12.2. The maximum atomic E-state index is 10.1. The minimum absolute atomic E-state index is 0.0793. The van der Waals surface area contributed by atoms with Crippen molar-refractivity contribution in [2.45, 2.75) is 43.7 Å². The summed E-state index contributed by atoms with van der Waals surface area (Å²) in [6.07, 6.45) is 10.8. The Morgan fingerprint density at radius 2 is 2.07 bits per heavy atom. The molecule has 0 amide bonds. The van der Waals surface area contributed by atoms with E-state index in [1.54, 1.807) is 17.8 Å². The van der Waals surface area contributed by atoms with Gasteiger partial charge in [-0.05, 0) is 42.0 Å². The zero-order valence-corrected chi connectivity index (χ0v) is 25.9. The third kappa shape index (κ3) is 5.37. The number of allylic oxidation sites excluding steroid dienone is 2. The lowest BCUT2D eigenvalue weighted by Gasteiger charge is -2.32. The Hall–Kier alpha value is -4.15. The minimum atomic E-state index is -0.551. The van der Waals surface area contributed by atoms with Gasteiger partial charge in [0.2, 0.25) is 5.88 Å². The van der Waals surface area contributed by atoms with Crippen molar-refractivity contribution >= 4 is 11.1 Å². The number of nitrogens with zero attached hydrogens (tertiary/aromatic N) is 6. The lowest BCUT2D eigenvalue weighted by Crippen LogP contribution is -2.40. The van der Waals surface area contributed by atoms with Gasteiger partial charge in [0.1, 0.15) is 29.8 Å². The Kier molecular flexibility index (Phi) is 7.78. The van der Waals surface area contributed by atoms with Crippen LogP contribution in [0.25, 0.3) is 11.1 Å². The molecule has 0 saturated carbocycles. The van der Waals surface area contributed by atoms with Crippen molar-refractivity contribution < 1.29 is 24.1 Å². The maximum absolute atomic E-state index is 10.1. The first-order valence-corrected chi connectivity index (χ1v) is 16.2. The molecule has 4 fully saturated rings. The molecule has 0 aliphatic carbocycles. The zero-order chi connectivity index (χ0) is 31.2. The fourth-order valence-corrected chi connectivity index (χ4v) is 7.86. The van der Waals surface area contributed by atoms with Gasteiger partial charge in [-0.15, -0.1) is 0 Å².